The Bertz CT molecular complexity index is 1280. The zero-order valence-corrected chi connectivity index (χ0v) is 17.2. The first-order valence-electron chi connectivity index (χ1n) is 9.68. The fraction of sp³-hybridized carbons (Fsp3) is 0.0769. The summed E-state index contributed by atoms with van der Waals surface area (Å²) in [5, 5.41) is 0. The van der Waals surface area contributed by atoms with Gasteiger partial charge >= 0.3 is 0 Å². The minimum absolute atomic E-state index is 0.998. The maximum Gasteiger partial charge on any atom is 0.116 e. The van der Waals surface area contributed by atoms with Crippen LogP contribution in [-0.2, 0) is 0 Å². The molecule has 0 amide bonds. The summed E-state index contributed by atoms with van der Waals surface area (Å²) in [5.41, 5.74) is 9.53. The van der Waals surface area contributed by atoms with Crippen molar-refractivity contribution in [2.75, 3.05) is 0 Å². The Hall–Kier alpha value is -3.30. The van der Waals surface area contributed by atoms with E-state index in [-0.39, 0.29) is 0 Å². The lowest BCUT2D eigenvalue weighted by Gasteiger charge is -2.10. The van der Waals surface area contributed by atoms with Gasteiger partial charge in [0.25, 0.3) is 0 Å². The molecule has 140 valence electrons. The molecular formula is C26H20N2S. The van der Waals surface area contributed by atoms with Crippen molar-refractivity contribution < 1.29 is 0 Å². The van der Waals surface area contributed by atoms with Gasteiger partial charge in [0, 0.05) is 10.4 Å². The summed E-state index contributed by atoms with van der Waals surface area (Å²) in [4.78, 5) is 10.3. The van der Waals surface area contributed by atoms with Crippen LogP contribution in [0.3, 0.4) is 0 Å². The van der Waals surface area contributed by atoms with E-state index in [2.05, 4.69) is 84.5 Å². The first-order valence-corrected chi connectivity index (χ1v) is 10.5. The second-order valence-corrected chi connectivity index (χ2v) is 8.31. The third-order valence-corrected chi connectivity index (χ3v) is 6.48. The van der Waals surface area contributed by atoms with E-state index >= 15 is 0 Å². The number of hydrogen-bond donors (Lipinski definition) is 0. The van der Waals surface area contributed by atoms with Gasteiger partial charge in [0.2, 0.25) is 0 Å². The van der Waals surface area contributed by atoms with Gasteiger partial charge in [-0.25, -0.2) is 9.97 Å². The minimum atomic E-state index is 0.998. The molecule has 5 aromatic rings. The van der Waals surface area contributed by atoms with Gasteiger partial charge in [-0.2, -0.15) is 0 Å². The Morgan fingerprint density at radius 2 is 1.34 bits per heavy atom. The summed E-state index contributed by atoms with van der Waals surface area (Å²) in [6.07, 6.45) is 1.66. The molecule has 0 spiro atoms. The zero-order chi connectivity index (χ0) is 19.8. The summed E-state index contributed by atoms with van der Waals surface area (Å²) >= 11 is 1.75. The monoisotopic (exact) mass is 392 g/mol. The van der Waals surface area contributed by atoms with Crippen LogP contribution in [0, 0.1) is 13.8 Å². The molecule has 2 aromatic heterocycles. The maximum absolute atomic E-state index is 4.56. The fourth-order valence-corrected chi connectivity index (χ4v) is 5.00. The van der Waals surface area contributed by atoms with Crippen molar-refractivity contribution in [2.24, 2.45) is 0 Å². The van der Waals surface area contributed by atoms with Crippen molar-refractivity contribution >= 4 is 21.6 Å². The molecule has 2 heterocycles. The van der Waals surface area contributed by atoms with E-state index in [4.69, 9.17) is 0 Å². The summed E-state index contributed by atoms with van der Waals surface area (Å²) in [6.45, 7) is 4.35. The quantitative estimate of drug-likeness (QED) is 0.322. The molecule has 2 nitrogen and oxygen atoms in total. The Morgan fingerprint density at radius 1 is 0.655 bits per heavy atom. The van der Waals surface area contributed by atoms with Crippen molar-refractivity contribution in [3.63, 3.8) is 0 Å². The average molecular weight is 393 g/mol. The molecule has 0 bridgehead atoms. The lowest BCUT2D eigenvalue weighted by atomic mass is 9.95. The van der Waals surface area contributed by atoms with Crippen LogP contribution in [0.25, 0.3) is 43.0 Å². The second-order valence-electron chi connectivity index (χ2n) is 7.26. The largest absolute Gasteiger partial charge is 0.235 e. The molecular weight excluding hydrogens is 372 g/mol. The highest BCUT2D eigenvalue weighted by Gasteiger charge is 2.12. The van der Waals surface area contributed by atoms with Gasteiger partial charge < -0.3 is 0 Å². The van der Waals surface area contributed by atoms with Gasteiger partial charge in [-0.3, -0.25) is 0 Å². The van der Waals surface area contributed by atoms with Crippen molar-refractivity contribution in [3.8, 4) is 32.8 Å². The molecule has 0 aliphatic rings. The molecule has 0 fully saturated rings. The lowest BCUT2D eigenvalue weighted by molar-refractivity contribution is 1.23. The SMILES string of the molecule is Cc1cccc(C)c1-c1ccc(-c2cc3ncnc(-c4ccccc4)c3s2)cc1. The molecule has 0 radical (unpaired) electrons. The molecule has 3 heteroatoms. The highest BCUT2D eigenvalue weighted by molar-refractivity contribution is 7.22. The number of rotatable bonds is 3. The standard InChI is InChI=1S/C26H20N2S/c1-17-7-6-8-18(2)24(17)20-13-11-19(12-14-20)23-15-22-26(29-23)25(28-16-27-22)21-9-4-3-5-10-21/h3-16H,1-2H3. The van der Waals surface area contributed by atoms with Crippen LogP contribution < -0.4 is 0 Å². The Morgan fingerprint density at radius 3 is 2.07 bits per heavy atom. The van der Waals surface area contributed by atoms with Crippen molar-refractivity contribution in [3.05, 3.63) is 96.3 Å². The topological polar surface area (TPSA) is 25.8 Å². The third kappa shape index (κ3) is 3.24. The molecule has 29 heavy (non-hydrogen) atoms. The summed E-state index contributed by atoms with van der Waals surface area (Å²) in [6, 6.07) is 27.8. The molecule has 0 saturated carbocycles. The Kier molecular flexibility index (Phi) is 4.45. The van der Waals surface area contributed by atoms with Gasteiger partial charge in [-0.1, -0.05) is 72.8 Å². The van der Waals surface area contributed by atoms with E-state index in [1.54, 1.807) is 17.7 Å². The normalized spacial score (nSPS) is 11.1. The number of nitrogens with zero attached hydrogens (tertiary/aromatic N) is 2. The number of aryl methyl sites for hydroxylation is 2. The summed E-state index contributed by atoms with van der Waals surface area (Å²) < 4.78 is 1.13. The van der Waals surface area contributed by atoms with E-state index in [1.165, 1.54) is 32.7 Å². The van der Waals surface area contributed by atoms with Gasteiger partial charge in [0.1, 0.15) is 6.33 Å². The first kappa shape index (κ1) is 17.8. The number of aromatic nitrogens is 2. The molecule has 3 aromatic carbocycles. The van der Waals surface area contributed by atoms with Crippen LogP contribution in [0.15, 0.2) is 85.2 Å². The molecule has 0 unspecified atom stereocenters. The molecule has 0 aliphatic heterocycles. The van der Waals surface area contributed by atoms with Crippen LogP contribution in [0.2, 0.25) is 0 Å². The van der Waals surface area contributed by atoms with E-state index in [9.17, 15) is 0 Å². The van der Waals surface area contributed by atoms with Crippen LogP contribution >= 0.6 is 11.3 Å². The summed E-state index contributed by atoms with van der Waals surface area (Å²) in [5.74, 6) is 0. The molecule has 5 rings (SSSR count). The van der Waals surface area contributed by atoms with Crippen LogP contribution in [0.1, 0.15) is 11.1 Å². The number of benzene rings is 3. The third-order valence-electron chi connectivity index (χ3n) is 5.30. The van der Waals surface area contributed by atoms with Gasteiger partial charge in [-0.05, 0) is 47.7 Å². The molecule has 0 saturated heterocycles. The highest BCUT2D eigenvalue weighted by Crippen LogP contribution is 2.38. The van der Waals surface area contributed by atoms with Crippen molar-refractivity contribution in [2.45, 2.75) is 13.8 Å². The first-order chi connectivity index (χ1) is 14.2. The van der Waals surface area contributed by atoms with Crippen LogP contribution in [-0.4, -0.2) is 9.97 Å². The summed E-state index contributed by atoms with van der Waals surface area (Å²) in [7, 11) is 0. The Labute approximate surface area is 174 Å². The van der Waals surface area contributed by atoms with Gasteiger partial charge in [0.15, 0.2) is 0 Å². The maximum atomic E-state index is 4.56. The van der Waals surface area contributed by atoms with Crippen LogP contribution in [0.5, 0.6) is 0 Å². The minimum Gasteiger partial charge on any atom is -0.235 e. The number of hydrogen-bond acceptors (Lipinski definition) is 3. The van der Waals surface area contributed by atoms with E-state index in [0.29, 0.717) is 0 Å². The predicted molar refractivity (Wildman–Crippen MR) is 123 cm³/mol. The van der Waals surface area contributed by atoms with Gasteiger partial charge in [-0.15, -0.1) is 11.3 Å². The van der Waals surface area contributed by atoms with Crippen molar-refractivity contribution in [1.82, 2.24) is 9.97 Å². The fourth-order valence-electron chi connectivity index (χ4n) is 3.87. The van der Waals surface area contributed by atoms with Crippen LogP contribution in [0.4, 0.5) is 0 Å². The molecule has 0 N–H and O–H groups in total. The van der Waals surface area contributed by atoms with E-state index in [1.807, 2.05) is 18.2 Å². The highest BCUT2D eigenvalue weighted by atomic mass is 32.1. The van der Waals surface area contributed by atoms with E-state index in [0.717, 1.165) is 21.5 Å². The van der Waals surface area contributed by atoms with Crippen molar-refractivity contribution in [1.29, 1.82) is 0 Å². The number of thiophene rings is 1. The predicted octanol–water partition coefficient (Wildman–Crippen LogP) is 7.31. The molecule has 0 atom stereocenters. The molecule has 0 aliphatic carbocycles. The van der Waals surface area contributed by atoms with E-state index < -0.39 is 0 Å². The lowest BCUT2D eigenvalue weighted by Crippen LogP contribution is -1.87. The van der Waals surface area contributed by atoms with Gasteiger partial charge in [0.05, 0.1) is 15.9 Å². The second kappa shape index (κ2) is 7.26. The smallest absolute Gasteiger partial charge is 0.116 e. The number of fused-ring (bicyclic) bond motifs is 1. The average Bonchev–Trinajstić information content (AvgIpc) is 3.19. The zero-order valence-electron chi connectivity index (χ0n) is 16.4. The Balaban J connectivity index is 1.57.